The molecule has 0 radical (unpaired) electrons. The van der Waals surface area contributed by atoms with Gasteiger partial charge < -0.3 is 14.8 Å². The lowest BCUT2D eigenvalue weighted by Crippen LogP contribution is -2.36. The number of nitrogens with one attached hydrogen (secondary N) is 1. The van der Waals surface area contributed by atoms with E-state index >= 15 is 0 Å². The predicted molar refractivity (Wildman–Crippen MR) is 141 cm³/mol. The number of pyridine rings is 1. The average molecular weight is 591 g/mol. The number of carbonyl (C=O) groups is 1. The molecule has 42 heavy (non-hydrogen) atoms. The van der Waals surface area contributed by atoms with Crippen LogP contribution in [0.5, 0.6) is 11.5 Å². The van der Waals surface area contributed by atoms with Crippen LogP contribution in [0, 0.1) is 12.7 Å². The van der Waals surface area contributed by atoms with Crippen LogP contribution in [-0.4, -0.2) is 60.6 Å². The van der Waals surface area contributed by atoms with Crippen LogP contribution in [-0.2, 0) is 5.41 Å². The highest BCUT2D eigenvalue weighted by atomic mass is 19.4. The molecular weight excluding hydrogens is 566 g/mol. The number of ether oxygens (including phenoxy) is 2. The number of rotatable bonds is 8. The Kier molecular flexibility index (Phi) is 7.69. The second kappa shape index (κ2) is 11.1. The number of aromatic nitrogens is 3. The lowest BCUT2D eigenvalue weighted by molar-refractivity contribution is -0.149. The molecule has 7 nitrogen and oxygen atoms in total. The van der Waals surface area contributed by atoms with Crippen molar-refractivity contribution in [2.75, 3.05) is 33.6 Å². The van der Waals surface area contributed by atoms with Crippen molar-refractivity contribution in [1.29, 1.82) is 0 Å². The van der Waals surface area contributed by atoms with Gasteiger partial charge in [0.25, 0.3) is 5.91 Å². The molecule has 0 saturated heterocycles. The van der Waals surface area contributed by atoms with E-state index in [1.807, 2.05) is 0 Å². The van der Waals surface area contributed by atoms with Crippen molar-refractivity contribution in [3.63, 3.8) is 0 Å². The van der Waals surface area contributed by atoms with Crippen molar-refractivity contribution in [2.45, 2.75) is 24.4 Å². The van der Waals surface area contributed by atoms with Gasteiger partial charge >= 0.3 is 6.18 Å². The molecule has 3 heterocycles. The highest BCUT2D eigenvalue weighted by Crippen LogP contribution is 2.47. The monoisotopic (exact) mass is 590 g/mol. The van der Waals surface area contributed by atoms with Crippen LogP contribution in [0.4, 0.5) is 26.3 Å². The molecule has 2 aromatic carbocycles. The summed E-state index contributed by atoms with van der Waals surface area (Å²) in [6.07, 6.45) is -3.42. The number of hydrogen-bond donors (Lipinski definition) is 1. The molecule has 1 amide bonds. The number of carbonyl (C=O) groups excluding carboxylic acids is 1. The third kappa shape index (κ3) is 5.30. The Balaban J connectivity index is 1.54. The highest BCUT2D eigenvalue weighted by molar-refractivity contribution is 5.99. The highest BCUT2D eigenvalue weighted by Gasteiger charge is 2.47. The van der Waals surface area contributed by atoms with Crippen molar-refractivity contribution < 1.29 is 40.6 Å². The van der Waals surface area contributed by atoms with Crippen LogP contribution in [0.15, 0.2) is 48.7 Å². The zero-order valence-electron chi connectivity index (χ0n) is 22.4. The topological polar surface area (TPSA) is 86.2 Å². The Morgan fingerprint density at radius 2 is 1.83 bits per heavy atom. The Hall–Kier alpha value is -4.42. The number of benzene rings is 2. The van der Waals surface area contributed by atoms with Gasteiger partial charge in [0.1, 0.15) is 54.4 Å². The molecule has 1 aliphatic rings. The van der Waals surface area contributed by atoms with E-state index in [4.69, 9.17) is 9.47 Å². The zero-order chi connectivity index (χ0) is 30.2. The predicted octanol–water partition coefficient (Wildman–Crippen LogP) is 5.79. The number of methoxy groups -OCH3 is 1. The first-order valence-electron chi connectivity index (χ1n) is 12.7. The summed E-state index contributed by atoms with van der Waals surface area (Å²) < 4.78 is 96.1. The van der Waals surface area contributed by atoms with Gasteiger partial charge in [0.05, 0.1) is 29.4 Å². The van der Waals surface area contributed by atoms with Crippen LogP contribution in [0.3, 0.4) is 0 Å². The van der Waals surface area contributed by atoms with E-state index in [0.29, 0.717) is 16.7 Å². The molecule has 13 heteroatoms. The maximum atomic E-state index is 14.5. The van der Waals surface area contributed by atoms with E-state index in [9.17, 15) is 31.1 Å². The van der Waals surface area contributed by atoms with Crippen LogP contribution < -0.4 is 14.8 Å². The molecule has 0 spiro atoms. The Bertz CT molecular complexity index is 1640. The smallest absolute Gasteiger partial charge is 0.398 e. The third-order valence-corrected chi connectivity index (χ3v) is 7.12. The van der Waals surface area contributed by atoms with Crippen LogP contribution >= 0.6 is 0 Å². The van der Waals surface area contributed by atoms with Crippen molar-refractivity contribution >= 4 is 16.9 Å². The van der Waals surface area contributed by atoms with Gasteiger partial charge in [-0.05, 0) is 49.4 Å². The summed E-state index contributed by atoms with van der Waals surface area (Å²) in [6.45, 7) is -2.18. The van der Waals surface area contributed by atoms with Gasteiger partial charge in [-0.3, -0.25) is 4.79 Å². The number of aryl methyl sites for hydroxylation is 1. The average Bonchev–Trinajstić information content (AvgIpc) is 3.34. The lowest BCUT2D eigenvalue weighted by atomic mass is 9.83. The quantitative estimate of drug-likeness (QED) is 0.262. The van der Waals surface area contributed by atoms with Gasteiger partial charge in [0, 0.05) is 29.4 Å². The second-order valence-corrected chi connectivity index (χ2v) is 9.98. The zero-order valence-corrected chi connectivity index (χ0v) is 22.4. The van der Waals surface area contributed by atoms with E-state index in [1.165, 1.54) is 37.6 Å². The number of alkyl halides is 5. The number of amides is 1. The summed E-state index contributed by atoms with van der Waals surface area (Å²) >= 11 is 0. The van der Waals surface area contributed by atoms with E-state index in [2.05, 4.69) is 20.3 Å². The van der Waals surface area contributed by atoms with Gasteiger partial charge in [-0.25, -0.2) is 28.1 Å². The fraction of sp³-hybridized carbons (Fsp3) is 0.310. The van der Waals surface area contributed by atoms with Crippen molar-refractivity contribution in [2.24, 2.45) is 0 Å². The molecule has 2 aromatic heterocycles. The van der Waals surface area contributed by atoms with E-state index < -0.39 is 61.4 Å². The normalized spacial score (nSPS) is 14.8. The molecule has 4 aromatic rings. The molecule has 1 N–H and O–H groups in total. The molecule has 1 aliphatic heterocycles. The van der Waals surface area contributed by atoms with Crippen molar-refractivity contribution in [3.8, 4) is 22.8 Å². The van der Waals surface area contributed by atoms with Gasteiger partial charge in [-0.2, -0.15) is 13.2 Å². The summed E-state index contributed by atoms with van der Waals surface area (Å²) in [5, 5.41) is 2.29. The molecule has 0 saturated carbocycles. The molecule has 220 valence electrons. The number of fused-ring (bicyclic) bond motifs is 2. The first kappa shape index (κ1) is 29.1. The van der Waals surface area contributed by atoms with Crippen LogP contribution in [0.2, 0.25) is 0 Å². The lowest BCUT2D eigenvalue weighted by Gasteiger charge is -2.24. The van der Waals surface area contributed by atoms with Gasteiger partial charge in [0.2, 0.25) is 0 Å². The SMILES string of the molecule is COc1cc(C(=O)NCC(c2cc3c(c(-c4ccc(F)cc4)n2)OCC3(CF)CF)C(F)(F)F)cc2nc(C)cnc12. The third-order valence-electron chi connectivity index (χ3n) is 7.12. The summed E-state index contributed by atoms with van der Waals surface area (Å²) in [7, 11) is 1.36. The molecule has 0 fully saturated rings. The molecule has 1 atom stereocenters. The maximum absolute atomic E-state index is 14.5. The summed E-state index contributed by atoms with van der Waals surface area (Å²) in [5.41, 5.74) is -1.26. The van der Waals surface area contributed by atoms with Crippen LogP contribution in [0.1, 0.15) is 33.2 Å². The van der Waals surface area contributed by atoms with Gasteiger partial charge in [0.15, 0.2) is 0 Å². The second-order valence-electron chi connectivity index (χ2n) is 9.98. The van der Waals surface area contributed by atoms with Gasteiger partial charge in [-0.15, -0.1) is 0 Å². The summed E-state index contributed by atoms with van der Waals surface area (Å²) in [6, 6.07) is 8.39. The number of nitrogens with zero attached hydrogens (tertiary/aromatic N) is 3. The maximum Gasteiger partial charge on any atom is 0.398 e. The van der Waals surface area contributed by atoms with Crippen molar-refractivity contribution in [3.05, 3.63) is 77.0 Å². The van der Waals surface area contributed by atoms with Gasteiger partial charge in [-0.1, -0.05) is 0 Å². The first-order chi connectivity index (χ1) is 20.0. The Morgan fingerprint density at radius 1 is 1.12 bits per heavy atom. The summed E-state index contributed by atoms with van der Waals surface area (Å²) in [4.78, 5) is 25.8. The molecular formula is C29H24F6N4O3. The van der Waals surface area contributed by atoms with E-state index in [0.717, 1.165) is 18.2 Å². The van der Waals surface area contributed by atoms with E-state index in [-0.39, 0.29) is 33.9 Å². The fourth-order valence-corrected chi connectivity index (χ4v) is 4.78. The molecule has 0 aliphatic carbocycles. The largest absolute Gasteiger partial charge is 0.494 e. The summed E-state index contributed by atoms with van der Waals surface area (Å²) in [5.74, 6) is -3.69. The Labute approximate surface area is 235 Å². The minimum Gasteiger partial charge on any atom is -0.494 e. The molecule has 0 bridgehead atoms. The molecule has 1 unspecified atom stereocenters. The Morgan fingerprint density at radius 3 is 2.48 bits per heavy atom. The number of halogens is 6. The minimum absolute atomic E-state index is 0.0173. The molecule has 5 rings (SSSR count). The standard InChI is InChI=1S/C29H24F6N4O3/c1-15-10-36-25-22(38-15)7-17(8-23(25)41-2)27(40)37-11-20(29(33,34)35)21-9-19-26(42-14-28(19,12-30)13-31)24(39-21)16-3-5-18(32)6-4-16/h3-10,20H,11-14H2,1-2H3,(H,37,40). The fourth-order valence-electron chi connectivity index (χ4n) is 4.78. The minimum atomic E-state index is -4.92. The number of hydrogen-bond acceptors (Lipinski definition) is 6. The first-order valence-corrected chi connectivity index (χ1v) is 12.7. The van der Waals surface area contributed by atoms with E-state index in [1.54, 1.807) is 6.92 Å². The van der Waals surface area contributed by atoms with Crippen molar-refractivity contribution in [1.82, 2.24) is 20.3 Å². The van der Waals surface area contributed by atoms with Crippen LogP contribution in [0.25, 0.3) is 22.3 Å².